The first-order chi connectivity index (χ1) is 20.7. The lowest BCUT2D eigenvalue weighted by atomic mass is 9.65. The summed E-state index contributed by atoms with van der Waals surface area (Å²) in [5.74, 6) is 1.70. The van der Waals surface area contributed by atoms with E-state index < -0.39 is 5.41 Å². The molecule has 0 saturated carbocycles. The molecule has 0 saturated heterocycles. The molecule has 1 aromatic heterocycles. The molecule has 2 nitrogen and oxygen atoms in total. The first-order valence-electron chi connectivity index (χ1n) is 14.0. The van der Waals surface area contributed by atoms with E-state index in [2.05, 4.69) is 115 Å². The summed E-state index contributed by atoms with van der Waals surface area (Å²) in [5.41, 5.74) is 10.7. The van der Waals surface area contributed by atoms with Gasteiger partial charge >= 0.3 is 0 Å². The second-order valence-corrected chi connectivity index (χ2v) is 12.3. The number of nitrogens with zero attached hydrogens (tertiary/aromatic N) is 1. The Hall–Kier alpha value is -4.70. The molecule has 1 aliphatic carbocycles. The molecule has 9 rings (SSSR count). The van der Waals surface area contributed by atoms with Gasteiger partial charge in [-0.15, -0.1) is 11.3 Å². The second-order valence-electron chi connectivity index (χ2n) is 10.8. The van der Waals surface area contributed by atoms with Gasteiger partial charge in [-0.25, -0.2) is 4.98 Å². The molecule has 7 aromatic rings. The number of ether oxygens (including phenoxy) is 1. The summed E-state index contributed by atoms with van der Waals surface area (Å²) in [6.45, 7) is 0. The summed E-state index contributed by atoms with van der Waals surface area (Å²) < 4.78 is 8.04. The van der Waals surface area contributed by atoms with Crippen molar-refractivity contribution in [3.8, 4) is 44.3 Å². The molecule has 198 valence electrons. The molecule has 0 unspecified atom stereocenters. The van der Waals surface area contributed by atoms with Crippen LogP contribution in [0.5, 0.6) is 11.5 Å². The van der Waals surface area contributed by atoms with Crippen LogP contribution in [-0.4, -0.2) is 4.98 Å². The molecule has 4 heteroatoms. The molecule has 6 aromatic carbocycles. The maximum atomic E-state index is 7.02. The molecule has 2 heterocycles. The lowest BCUT2D eigenvalue weighted by Crippen LogP contribution is -2.32. The van der Waals surface area contributed by atoms with E-state index in [4.69, 9.17) is 21.3 Å². The van der Waals surface area contributed by atoms with E-state index in [1.807, 2.05) is 18.2 Å². The molecule has 0 bridgehead atoms. The zero-order chi connectivity index (χ0) is 27.8. The zero-order valence-electron chi connectivity index (χ0n) is 22.3. The molecule has 1 spiro atoms. The number of fused-ring (bicyclic) bond motifs is 10. The van der Waals surface area contributed by atoms with Gasteiger partial charge in [-0.2, -0.15) is 0 Å². The summed E-state index contributed by atoms with van der Waals surface area (Å²) >= 11 is 8.73. The normalized spacial score (nSPS) is 13.7. The second kappa shape index (κ2) is 8.90. The van der Waals surface area contributed by atoms with Crippen molar-refractivity contribution in [2.24, 2.45) is 0 Å². The van der Waals surface area contributed by atoms with Gasteiger partial charge in [0.25, 0.3) is 0 Å². The van der Waals surface area contributed by atoms with Crippen molar-refractivity contribution < 1.29 is 4.74 Å². The van der Waals surface area contributed by atoms with Crippen LogP contribution in [-0.2, 0) is 5.41 Å². The van der Waals surface area contributed by atoms with Gasteiger partial charge in [0.1, 0.15) is 16.5 Å². The third kappa shape index (κ3) is 3.24. The van der Waals surface area contributed by atoms with Crippen molar-refractivity contribution in [1.29, 1.82) is 0 Å². The van der Waals surface area contributed by atoms with Crippen LogP contribution in [0.1, 0.15) is 22.3 Å². The molecular formula is C38H22ClNOS. The third-order valence-electron chi connectivity index (χ3n) is 8.63. The first kappa shape index (κ1) is 24.0. The Morgan fingerprint density at radius 1 is 0.571 bits per heavy atom. The van der Waals surface area contributed by atoms with Gasteiger partial charge in [0, 0.05) is 27.3 Å². The van der Waals surface area contributed by atoms with Crippen molar-refractivity contribution >= 4 is 33.2 Å². The van der Waals surface area contributed by atoms with Crippen LogP contribution in [0.2, 0.25) is 5.02 Å². The topological polar surface area (TPSA) is 22.1 Å². The molecule has 0 atom stereocenters. The van der Waals surface area contributed by atoms with E-state index in [1.165, 1.54) is 27.0 Å². The molecule has 0 N–H and O–H groups in total. The van der Waals surface area contributed by atoms with Crippen LogP contribution in [0.15, 0.2) is 133 Å². The van der Waals surface area contributed by atoms with Crippen LogP contribution in [0.25, 0.3) is 43.0 Å². The largest absolute Gasteiger partial charge is 0.456 e. The summed E-state index contributed by atoms with van der Waals surface area (Å²) in [7, 11) is 0. The number of hydrogen-bond acceptors (Lipinski definition) is 3. The minimum absolute atomic E-state index is 0.554. The summed E-state index contributed by atoms with van der Waals surface area (Å²) in [4.78, 5) is 4.92. The van der Waals surface area contributed by atoms with Crippen molar-refractivity contribution in [3.05, 3.63) is 161 Å². The van der Waals surface area contributed by atoms with E-state index in [9.17, 15) is 0 Å². The predicted octanol–water partition coefficient (Wildman–Crippen LogP) is 10.8. The number of halogens is 1. The number of thiazole rings is 1. The van der Waals surface area contributed by atoms with Crippen molar-refractivity contribution in [2.45, 2.75) is 5.41 Å². The van der Waals surface area contributed by atoms with Crippen LogP contribution < -0.4 is 4.74 Å². The Morgan fingerprint density at radius 2 is 1.24 bits per heavy atom. The van der Waals surface area contributed by atoms with Crippen LogP contribution in [0, 0.1) is 0 Å². The molecule has 1 aliphatic heterocycles. The highest BCUT2D eigenvalue weighted by Crippen LogP contribution is 2.63. The molecular weight excluding hydrogens is 554 g/mol. The molecule has 0 radical (unpaired) electrons. The highest BCUT2D eigenvalue weighted by atomic mass is 35.5. The summed E-state index contributed by atoms with van der Waals surface area (Å²) in [5, 5.41) is 1.67. The van der Waals surface area contributed by atoms with Crippen LogP contribution >= 0.6 is 22.9 Å². The SMILES string of the molecule is Clc1cc(-c2cccc(-c3nc4ccccc4s3)c2)c2c(c1)C1(c3ccccc3O2)c2ccccc2-c2ccccc21. The lowest BCUT2D eigenvalue weighted by molar-refractivity contribution is 0.438. The highest BCUT2D eigenvalue weighted by molar-refractivity contribution is 7.21. The minimum Gasteiger partial charge on any atom is -0.456 e. The number of aromatic nitrogens is 1. The van der Waals surface area contributed by atoms with E-state index >= 15 is 0 Å². The molecule has 0 fully saturated rings. The van der Waals surface area contributed by atoms with Crippen LogP contribution in [0.3, 0.4) is 0 Å². The number of rotatable bonds is 2. The van der Waals surface area contributed by atoms with Gasteiger partial charge in [-0.05, 0) is 64.2 Å². The van der Waals surface area contributed by atoms with E-state index in [-0.39, 0.29) is 0 Å². The summed E-state index contributed by atoms with van der Waals surface area (Å²) in [6.07, 6.45) is 0. The Morgan fingerprint density at radius 3 is 2.02 bits per heavy atom. The maximum absolute atomic E-state index is 7.02. The van der Waals surface area contributed by atoms with Gasteiger partial charge in [-0.3, -0.25) is 0 Å². The Labute approximate surface area is 252 Å². The Balaban J connectivity index is 1.33. The fraction of sp³-hybridized carbons (Fsp3) is 0.0263. The number of hydrogen-bond donors (Lipinski definition) is 0. The highest BCUT2D eigenvalue weighted by Gasteiger charge is 2.51. The van der Waals surface area contributed by atoms with Crippen LogP contribution in [0.4, 0.5) is 0 Å². The standard InChI is InChI=1S/C38H22ClNOS/c39-25-21-28(23-10-9-11-24(20-23)37-40-33-17-6-8-19-35(33)42-37)36-32(22-25)38(31-16-5-7-18-34(31)41-36)29-14-3-1-12-26(29)27-13-2-4-15-30(27)38/h1-22H. The molecule has 2 aliphatic rings. The summed E-state index contributed by atoms with van der Waals surface area (Å²) in [6, 6.07) is 46.9. The monoisotopic (exact) mass is 575 g/mol. The van der Waals surface area contributed by atoms with Gasteiger partial charge in [0.15, 0.2) is 0 Å². The van der Waals surface area contributed by atoms with Crippen molar-refractivity contribution in [1.82, 2.24) is 4.98 Å². The Bertz CT molecular complexity index is 2140. The predicted molar refractivity (Wildman–Crippen MR) is 173 cm³/mol. The minimum atomic E-state index is -0.554. The zero-order valence-corrected chi connectivity index (χ0v) is 23.9. The Kier molecular flexibility index (Phi) is 5.07. The quantitative estimate of drug-likeness (QED) is 0.204. The van der Waals surface area contributed by atoms with Gasteiger partial charge in [0.2, 0.25) is 0 Å². The average molecular weight is 576 g/mol. The third-order valence-corrected chi connectivity index (χ3v) is 9.93. The van der Waals surface area contributed by atoms with Crippen molar-refractivity contribution in [3.63, 3.8) is 0 Å². The number of benzene rings is 6. The van der Waals surface area contributed by atoms with Gasteiger partial charge < -0.3 is 4.74 Å². The van der Waals surface area contributed by atoms with Gasteiger partial charge in [0.05, 0.1) is 15.6 Å². The maximum Gasteiger partial charge on any atom is 0.140 e. The fourth-order valence-corrected chi connectivity index (χ4v) is 8.13. The molecule has 0 amide bonds. The van der Waals surface area contributed by atoms with E-state index in [1.54, 1.807) is 11.3 Å². The molecule has 42 heavy (non-hydrogen) atoms. The fourth-order valence-electron chi connectivity index (χ4n) is 6.95. The van der Waals surface area contributed by atoms with Gasteiger partial charge in [-0.1, -0.05) is 109 Å². The van der Waals surface area contributed by atoms with E-state index in [0.717, 1.165) is 49.8 Å². The average Bonchev–Trinajstić information content (AvgIpc) is 3.60. The first-order valence-corrected chi connectivity index (χ1v) is 15.2. The van der Waals surface area contributed by atoms with Crippen molar-refractivity contribution in [2.75, 3.05) is 0 Å². The smallest absolute Gasteiger partial charge is 0.140 e. The van der Waals surface area contributed by atoms with E-state index in [0.29, 0.717) is 5.02 Å². The number of para-hydroxylation sites is 2. The lowest BCUT2D eigenvalue weighted by Gasteiger charge is -2.40.